The van der Waals surface area contributed by atoms with Gasteiger partial charge in [-0.1, -0.05) is 36.8 Å². The summed E-state index contributed by atoms with van der Waals surface area (Å²) in [6.45, 7) is 8.43. The third kappa shape index (κ3) is 5.96. The number of likely N-dealkylation sites (tertiary alicyclic amines) is 1. The van der Waals surface area contributed by atoms with Crippen molar-refractivity contribution in [3.05, 3.63) is 35.4 Å². The van der Waals surface area contributed by atoms with Crippen LogP contribution in [0.25, 0.3) is 0 Å². The predicted octanol–water partition coefficient (Wildman–Crippen LogP) is 1.95. The molecule has 1 fully saturated rings. The molecule has 0 aliphatic carbocycles. The summed E-state index contributed by atoms with van der Waals surface area (Å²) in [7, 11) is 0. The molecule has 1 aromatic carbocycles. The van der Waals surface area contributed by atoms with Crippen molar-refractivity contribution in [1.82, 2.24) is 15.1 Å². The molecule has 0 bridgehead atoms. The highest BCUT2D eigenvalue weighted by Crippen LogP contribution is 2.09. The second-order valence-corrected chi connectivity index (χ2v) is 6.48. The van der Waals surface area contributed by atoms with Gasteiger partial charge in [0.05, 0.1) is 6.54 Å². The Morgan fingerprint density at radius 3 is 2.88 bits per heavy atom. The van der Waals surface area contributed by atoms with E-state index >= 15 is 0 Å². The molecule has 1 aliphatic rings. The Balaban J connectivity index is 1.67. The normalized spacial score (nSPS) is 14.5. The first kappa shape index (κ1) is 18.5. The zero-order chi connectivity index (χ0) is 17.4. The van der Waals surface area contributed by atoms with Gasteiger partial charge >= 0.3 is 0 Å². The second-order valence-electron chi connectivity index (χ2n) is 6.48. The van der Waals surface area contributed by atoms with Gasteiger partial charge in [0.25, 0.3) is 0 Å². The Kier molecular flexibility index (Phi) is 7.25. The molecule has 0 radical (unpaired) electrons. The minimum atomic E-state index is 0.0530. The van der Waals surface area contributed by atoms with Crippen molar-refractivity contribution in [3.63, 3.8) is 0 Å². The van der Waals surface area contributed by atoms with Crippen molar-refractivity contribution >= 4 is 11.8 Å². The predicted molar refractivity (Wildman–Crippen MR) is 95.6 cm³/mol. The number of aryl methyl sites for hydroxylation is 1. The standard InChI is InChI=1S/C19H29N3O2/c1-3-21(14-17-8-4-7-16(2)13-17)15-18(23)20-10-6-12-22-11-5-9-19(22)24/h4,7-8,13H,3,5-6,9-12,14-15H2,1-2H3,(H,20,23). The Labute approximate surface area is 145 Å². The average Bonchev–Trinajstić information content (AvgIpc) is 2.96. The molecule has 0 aromatic heterocycles. The van der Waals surface area contributed by atoms with Crippen molar-refractivity contribution in [1.29, 1.82) is 0 Å². The molecule has 1 heterocycles. The maximum Gasteiger partial charge on any atom is 0.234 e. The highest BCUT2D eigenvalue weighted by atomic mass is 16.2. The Morgan fingerprint density at radius 2 is 2.21 bits per heavy atom. The van der Waals surface area contributed by atoms with Crippen LogP contribution in [0, 0.1) is 6.92 Å². The van der Waals surface area contributed by atoms with E-state index in [0.717, 1.165) is 39.0 Å². The molecule has 0 unspecified atom stereocenters. The molecular formula is C19H29N3O2. The molecule has 132 valence electrons. The van der Waals surface area contributed by atoms with Gasteiger partial charge in [0.1, 0.15) is 0 Å². The van der Waals surface area contributed by atoms with Crippen molar-refractivity contribution in [2.75, 3.05) is 32.7 Å². The maximum atomic E-state index is 12.1. The lowest BCUT2D eigenvalue weighted by Crippen LogP contribution is -2.38. The van der Waals surface area contributed by atoms with E-state index in [-0.39, 0.29) is 11.8 Å². The maximum absolute atomic E-state index is 12.1. The highest BCUT2D eigenvalue weighted by molar-refractivity contribution is 5.78. The summed E-state index contributed by atoms with van der Waals surface area (Å²) in [5.74, 6) is 0.300. The van der Waals surface area contributed by atoms with Gasteiger partial charge in [0.15, 0.2) is 0 Å². The number of rotatable bonds is 9. The third-order valence-corrected chi connectivity index (χ3v) is 4.40. The largest absolute Gasteiger partial charge is 0.355 e. The topological polar surface area (TPSA) is 52.7 Å². The zero-order valence-corrected chi connectivity index (χ0v) is 14.9. The van der Waals surface area contributed by atoms with Gasteiger partial charge in [-0.3, -0.25) is 14.5 Å². The van der Waals surface area contributed by atoms with Crippen molar-refractivity contribution in [2.45, 2.75) is 39.7 Å². The summed E-state index contributed by atoms with van der Waals surface area (Å²) in [5.41, 5.74) is 2.47. The first-order valence-corrected chi connectivity index (χ1v) is 8.91. The summed E-state index contributed by atoms with van der Waals surface area (Å²) >= 11 is 0. The van der Waals surface area contributed by atoms with E-state index < -0.39 is 0 Å². The molecule has 0 atom stereocenters. The smallest absolute Gasteiger partial charge is 0.234 e. The Morgan fingerprint density at radius 1 is 1.38 bits per heavy atom. The van der Waals surface area contributed by atoms with Crippen LogP contribution in [0.15, 0.2) is 24.3 Å². The fourth-order valence-corrected chi connectivity index (χ4v) is 3.05. The molecular weight excluding hydrogens is 302 g/mol. The van der Waals surface area contributed by atoms with Crippen LogP contribution in [0.3, 0.4) is 0 Å². The number of benzene rings is 1. The highest BCUT2D eigenvalue weighted by Gasteiger charge is 2.19. The van der Waals surface area contributed by atoms with Crippen molar-refractivity contribution in [2.24, 2.45) is 0 Å². The number of amides is 2. The van der Waals surface area contributed by atoms with E-state index in [1.54, 1.807) is 0 Å². The lowest BCUT2D eigenvalue weighted by molar-refractivity contribution is -0.127. The van der Waals surface area contributed by atoms with Crippen LogP contribution in [0.2, 0.25) is 0 Å². The summed E-state index contributed by atoms with van der Waals surface area (Å²) in [6, 6.07) is 8.39. The number of likely N-dealkylation sites (N-methyl/N-ethyl adjacent to an activating group) is 1. The zero-order valence-electron chi connectivity index (χ0n) is 14.9. The molecule has 5 nitrogen and oxygen atoms in total. The minimum Gasteiger partial charge on any atom is -0.355 e. The van der Waals surface area contributed by atoms with Crippen LogP contribution >= 0.6 is 0 Å². The second kappa shape index (κ2) is 9.42. The van der Waals surface area contributed by atoms with E-state index in [2.05, 4.69) is 48.3 Å². The lowest BCUT2D eigenvalue weighted by Gasteiger charge is -2.20. The van der Waals surface area contributed by atoms with Crippen LogP contribution in [0.1, 0.15) is 37.3 Å². The number of nitrogens with one attached hydrogen (secondary N) is 1. The van der Waals surface area contributed by atoms with E-state index in [9.17, 15) is 9.59 Å². The van der Waals surface area contributed by atoms with Gasteiger partial charge in [-0.2, -0.15) is 0 Å². The molecule has 5 heteroatoms. The first-order valence-electron chi connectivity index (χ1n) is 8.91. The number of hydrogen-bond donors (Lipinski definition) is 1. The quantitative estimate of drug-likeness (QED) is 0.704. The molecule has 0 spiro atoms. The van der Waals surface area contributed by atoms with Crippen molar-refractivity contribution in [3.8, 4) is 0 Å². The van der Waals surface area contributed by atoms with E-state index in [1.165, 1.54) is 11.1 Å². The van der Waals surface area contributed by atoms with Crippen LogP contribution in [-0.2, 0) is 16.1 Å². The van der Waals surface area contributed by atoms with E-state index in [0.29, 0.717) is 19.5 Å². The Bertz CT molecular complexity index is 559. The van der Waals surface area contributed by atoms with E-state index in [1.807, 2.05) is 4.90 Å². The minimum absolute atomic E-state index is 0.0530. The fourth-order valence-electron chi connectivity index (χ4n) is 3.05. The molecule has 1 N–H and O–H groups in total. The number of carbonyl (C=O) groups excluding carboxylic acids is 2. The van der Waals surface area contributed by atoms with Gasteiger partial charge in [0, 0.05) is 32.6 Å². The Hall–Kier alpha value is -1.88. The SMILES string of the molecule is CCN(CC(=O)NCCCN1CCCC1=O)Cc1cccc(C)c1. The van der Waals surface area contributed by atoms with Crippen molar-refractivity contribution < 1.29 is 9.59 Å². The molecule has 0 saturated carbocycles. The molecule has 1 saturated heterocycles. The fraction of sp³-hybridized carbons (Fsp3) is 0.579. The third-order valence-electron chi connectivity index (χ3n) is 4.40. The monoisotopic (exact) mass is 331 g/mol. The molecule has 1 aromatic rings. The number of carbonyl (C=O) groups is 2. The molecule has 2 rings (SSSR count). The average molecular weight is 331 g/mol. The van der Waals surface area contributed by atoms with Gasteiger partial charge in [-0.15, -0.1) is 0 Å². The molecule has 24 heavy (non-hydrogen) atoms. The summed E-state index contributed by atoms with van der Waals surface area (Å²) in [6.07, 6.45) is 2.47. The van der Waals surface area contributed by atoms with Crippen LogP contribution in [-0.4, -0.2) is 54.3 Å². The summed E-state index contributed by atoms with van der Waals surface area (Å²) < 4.78 is 0. The summed E-state index contributed by atoms with van der Waals surface area (Å²) in [4.78, 5) is 27.6. The van der Waals surface area contributed by atoms with Crippen LogP contribution in [0.5, 0.6) is 0 Å². The van der Waals surface area contributed by atoms with E-state index in [4.69, 9.17) is 0 Å². The number of hydrogen-bond acceptors (Lipinski definition) is 3. The number of nitrogens with zero attached hydrogens (tertiary/aromatic N) is 2. The lowest BCUT2D eigenvalue weighted by atomic mass is 10.1. The summed E-state index contributed by atoms with van der Waals surface area (Å²) in [5, 5.41) is 2.96. The molecule has 2 amide bonds. The van der Waals surface area contributed by atoms with Crippen LogP contribution in [0.4, 0.5) is 0 Å². The van der Waals surface area contributed by atoms with Gasteiger partial charge in [-0.25, -0.2) is 0 Å². The first-order chi connectivity index (χ1) is 11.6. The van der Waals surface area contributed by atoms with Gasteiger partial charge in [0.2, 0.25) is 11.8 Å². The van der Waals surface area contributed by atoms with Crippen LogP contribution < -0.4 is 5.32 Å². The van der Waals surface area contributed by atoms with Gasteiger partial charge in [-0.05, 0) is 31.9 Å². The molecule has 1 aliphatic heterocycles. The van der Waals surface area contributed by atoms with Gasteiger partial charge < -0.3 is 10.2 Å².